The molecule has 1 aliphatic rings. The van der Waals surface area contributed by atoms with Crippen LogP contribution in [0.15, 0.2) is 36.7 Å². The van der Waals surface area contributed by atoms with E-state index in [4.69, 9.17) is 0 Å². The zero-order chi connectivity index (χ0) is 16.2. The van der Waals surface area contributed by atoms with Crippen molar-refractivity contribution >= 4 is 11.6 Å². The first-order valence-corrected chi connectivity index (χ1v) is 7.92. The third-order valence-corrected chi connectivity index (χ3v) is 4.10. The van der Waals surface area contributed by atoms with E-state index in [1.807, 2.05) is 12.4 Å². The number of carbonyl (C=O) groups excluding carboxylic acids is 1. The van der Waals surface area contributed by atoms with Crippen LogP contribution in [0.25, 0.3) is 0 Å². The fourth-order valence-electron chi connectivity index (χ4n) is 2.96. The van der Waals surface area contributed by atoms with Gasteiger partial charge in [0.2, 0.25) is 5.91 Å². The van der Waals surface area contributed by atoms with Crippen LogP contribution in [0.5, 0.6) is 0 Å². The average Bonchev–Trinajstić information content (AvgIpc) is 2.94. The molecule has 0 unspecified atom stereocenters. The van der Waals surface area contributed by atoms with Gasteiger partial charge in [0, 0.05) is 50.1 Å². The van der Waals surface area contributed by atoms with Gasteiger partial charge in [-0.25, -0.2) is 9.37 Å². The van der Waals surface area contributed by atoms with Crippen LogP contribution in [0.3, 0.4) is 0 Å². The van der Waals surface area contributed by atoms with Crippen molar-refractivity contribution in [3.05, 3.63) is 48.3 Å². The van der Waals surface area contributed by atoms with E-state index in [2.05, 4.69) is 26.7 Å². The molecule has 0 spiro atoms. The number of amides is 1. The van der Waals surface area contributed by atoms with Crippen LogP contribution >= 0.6 is 0 Å². The highest BCUT2D eigenvalue weighted by molar-refractivity contribution is 5.92. The fourth-order valence-corrected chi connectivity index (χ4v) is 2.96. The van der Waals surface area contributed by atoms with Gasteiger partial charge in [0.1, 0.15) is 11.6 Å². The summed E-state index contributed by atoms with van der Waals surface area (Å²) in [4.78, 5) is 18.4. The number of aromatic nitrogens is 2. The van der Waals surface area contributed by atoms with Crippen LogP contribution in [0, 0.1) is 11.7 Å². The smallest absolute Gasteiger partial charge is 0.238 e. The number of rotatable bonds is 6. The lowest BCUT2D eigenvalue weighted by Gasteiger charge is -2.39. The number of anilines is 1. The molecule has 0 radical (unpaired) electrons. The van der Waals surface area contributed by atoms with E-state index in [-0.39, 0.29) is 11.7 Å². The third kappa shape index (κ3) is 3.96. The predicted octanol–water partition coefficient (Wildman–Crippen LogP) is 2.16. The Kier molecular flexibility index (Phi) is 4.71. The molecule has 0 atom stereocenters. The maximum absolute atomic E-state index is 12.8. The second kappa shape index (κ2) is 6.91. The molecule has 122 valence electrons. The van der Waals surface area contributed by atoms with Gasteiger partial charge < -0.3 is 9.88 Å². The molecule has 1 fully saturated rings. The van der Waals surface area contributed by atoms with Crippen molar-refractivity contribution in [3.63, 3.8) is 0 Å². The molecule has 1 N–H and O–H groups in total. The van der Waals surface area contributed by atoms with E-state index in [0.29, 0.717) is 18.2 Å². The van der Waals surface area contributed by atoms with E-state index >= 15 is 0 Å². The van der Waals surface area contributed by atoms with Crippen molar-refractivity contribution in [3.8, 4) is 0 Å². The molecular formula is C17H21FN4O. The number of carbonyl (C=O) groups is 1. The molecule has 3 rings (SSSR count). The fraction of sp³-hybridized carbons (Fsp3) is 0.412. The quantitative estimate of drug-likeness (QED) is 0.888. The number of benzene rings is 1. The minimum Gasteiger partial charge on any atom is -0.335 e. The van der Waals surface area contributed by atoms with Gasteiger partial charge in [-0.15, -0.1) is 0 Å². The number of hydrogen-bond acceptors (Lipinski definition) is 3. The Labute approximate surface area is 135 Å². The van der Waals surface area contributed by atoms with Gasteiger partial charge in [0.25, 0.3) is 0 Å². The van der Waals surface area contributed by atoms with E-state index in [1.165, 1.54) is 12.1 Å². The minimum atomic E-state index is -0.306. The highest BCUT2D eigenvalue weighted by atomic mass is 19.1. The van der Waals surface area contributed by atoms with Crippen LogP contribution in [0.1, 0.15) is 12.7 Å². The lowest BCUT2D eigenvalue weighted by molar-refractivity contribution is -0.118. The van der Waals surface area contributed by atoms with Gasteiger partial charge in [0.05, 0.1) is 6.54 Å². The van der Waals surface area contributed by atoms with Crippen molar-refractivity contribution in [1.29, 1.82) is 0 Å². The molecule has 1 amide bonds. The molecule has 1 aromatic carbocycles. The van der Waals surface area contributed by atoms with E-state index in [0.717, 1.165) is 31.9 Å². The van der Waals surface area contributed by atoms with Gasteiger partial charge in [-0.1, -0.05) is 6.92 Å². The number of nitrogens with zero attached hydrogens (tertiary/aromatic N) is 3. The maximum Gasteiger partial charge on any atom is 0.238 e. The van der Waals surface area contributed by atoms with Gasteiger partial charge in [-0.05, 0) is 24.3 Å². The number of hydrogen-bond donors (Lipinski definition) is 1. The zero-order valence-corrected chi connectivity index (χ0v) is 13.2. The summed E-state index contributed by atoms with van der Waals surface area (Å²) >= 11 is 0. The summed E-state index contributed by atoms with van der Waals surface area (Å²) in [6.07, 6.45) is 4.79. The molecule has 1 aliphatic heterocycles. The van der Waals surface area contributed by atoms with Crippen LogP contribution in [0.2, 0.25) is 0 Å². The molecule has 23 heavy (non-hydrogen) atoms. The highest BCUT2D eigenvalue weighted by Gasteiger charge is 2.28. The standard InChI is InChI=1S/C17H21FN4O/c1-2-16-19-7-8-22(16)11-13-9-21(10-13)12-17(23)20-15-5-3-14(18)4-6-15/h3-8,13H,2,9-12H2,1H3,(H,20,23). The predicted molar refractivity (Wildman–Crippen MR) is 86.6 cm³/mol. The largest absolute Gasteiger partial charge is 0.335 e. The number of aryl methyl sites for hydroxylation is 1. The van der Waals surface area contributed by atoms with Crippen LogP contribution < -0.4 is 5.32 Å². The first-order valence-electron chi connectivity index (χ1n) is 7.92. The lowest BCUT2D eigenvalue weighted by atomic mass is 10.00. The zero-order valence-electron chi connectivity index (χ0n) is 13.2. The molecule has 2 heterocycles. The number of nitrogens with one attached hydrogen (secondary N) is 1. The SMILES string of the molecule is CCc1nccn1CC1CN(CC(=O)Nc2ccc(F)cc2)C1. The Balaban J connectivity index is 1.41. The van der Waals surface area contributed by atoms with Gasteiger partial charge in [0.15, 0.2) is 0 Å². The number of likely N-dealkylation sites (tertiary alicyclic amines) is 1. The van der Waals surface area contributed by atoms with Gasteiger partial charge in [-0.2, -0.15) is 0 Å². The molecular weight excluding hydrogens is 295 g/mol. The van der Waals surface area contributed by atoms with Crippen LogP contribution in [-0.2, 0) is 17.8 Å². The van der Waals surface area contributed by atoms with Crippen LogP contribution in [-0.4, -0.2) is 40.0 Å². The normalized spacial score (nSPS) is 15.4. The van der Waals surface area contributed by atoms with Crippen LogP contribution in [0.4, 0.5) is 10.1 Å². The maximum atomic E-state index is 12.8. The summed E-state index contributed by atoms with van der Waals surface area (Å²) in [5.41, 5.74) is 0.625. The molecule has 0 saturated carbocycles. The average molecular weight is 316 g/mol. The second-order valence-electron chi connectivity index (χ2n) is 5.96. The molecule has 2 aromatic rings. The third-order valence-electron chi connectivity index (χ3n) is 4.10. The summed E-state index contributed by atoms with van der Waals surface area (Å²) < 4.78 is 15.0. The highest BCUT2D eigenvalue weighted by Crippen LogP contribution is 2.18. The van der Waals surface area contributed by atoms with E-state index in [9.17, 15) is 9.18 Å². The summed E-state index contributed by atoms with van der Waals surface area (Å²) in [7, 11) is 0. The summed E-state index contributed by atoms with van der Waals surface area (Å²) in [6, 6.07) is 5.81. The second-order valence-corrected chi connectivity index (χ2v) is 5.96. The van der Waals surface area contributed by atoms with Gasteiger partial charge >= 0.3 is 0 Å². The van der Waals surface area contributed by atoms with Crippen molar-refractivity contribution in [2.45, 2.75) is 19.9 Å². The monoisotopic (exact) mass is 316 g/mol. The van der Waals surface area contributed by atoms with Crippen molar-refractivity contribution < 1.29 is 9.18 Å². The van der Waals surface area contributed by atoms with E-state index in [1.54, 1.807) is 12.1 Å². The summed E-state index contributed by atoms with van der Waals surface area (Å²) in [6.45, 7) is 5.26. The Morgan fingerprint density at radius 2 is 2.09 bits per heavy atom. The van der Waals surface area contributed by atoms with Crippen molar-refractivity contribution in [2.75, 3.05) is 25.0 Å². The number of halogens is 1. The lowest BCUT2D eigenvalue weighted by Crippen LogP contribution is -2.51. The Hall–Kier alpha value is -2.21. The topological polar surface area (TPSA) is 50.2 Å². The minimum absolute atomic E-state index is 0.0630. The van der Waals surface area contributed by atoms with Crippen molar-refractivity contribution in [1.82, 2.24) is 14.5 Å². The first-order chi connectivity index (χ1) is 11.1. The van der Waals surface area contributed by atoms with Gasteiger partial charge in [-0.3, -0.25) is 9.69 Å². The summed E-state index contributed by atoms with van der Waals surface area (Å²) in [5, 5.41) is 2.78. The first kappa shape index (κ1) is 15.7. The van der Waals surface area contributed by atoms with E-state index < -0.39 is 0 Å². The molecule has 6 heteroatoms. The summed E-state index contributed by atoms with van der Waals surface area (Å²) in [5.74, 6) is 1.30. The molecule has 0 aliphatic carbocycles. The molecule has 0 bridgehead atoms. The Morgan fingerprint density at radius 3 is 2.78 bits per heavy atom. The molecule has 5 nitrogen and oxygen atoms in total. The van der Waals surface area contributed by atoms with Crippen molar-refractivity contribution in [2.24, 2.45) is 5.92 Å². The Bertz CT molecular complexity index is 661. The molecule has 1 saturated heterocycles. The number of imidazole rings is 1. The molecule has 1 aromatic heterocycles. The Morgan fingerprint density at radius 1 is 1.35 bits per heavy atom.